The molecular formula is C14H21FNO3+. The van der Waals surface area contributed by atoms with Gasteiger partial charge in [0.25, 0.3) is 0 Å². The molecule has 1 rings (SSSR count). The number of rotatable bonds is 8. The smallest absolute Gasteiger partial charge is 0.344 e. The minimum absolute atomic E-state index is 0.154. The molecule has 0 unspecified atom stereocenters. The van der Waals surface area contributed by atoms with Crippen LogP contribution in [0.1, 0.15) is 13.8 Å². The van der Waals surface area contributed by atoms with E-state index in [0.29, 0.717) is 12.4 Å². The van der Waals surface area contributed by atoms with Gasteiger partial charge in [0.15, 0.2) is 6.61 Å². The van der Waals surface area contributed by atoms with Gasteiger partial charge in [-0.05, 0) is 38.1 Å². The predicted octanol–water partition coefficient (Wildman–Crippen LogP) is 0.672. The van der Waals surface area contributed by atoms with Crippen LogP contribution in [0.4, 0.5) is 4.39 Å². The zero-order valence-electron chi connectivity index (χ0n) is 11.4. The largest absolute Gasteiger partial charge is 0.482 e. The molecule has 0 aliphatic carbocycles. The zero-order valence-corrected chi connectivity index (χ0v) is 11.4. The molecule has 0 heterocycles. The number of hydrogen-bond acceptors (Lipinski definition) is 3. The first-order valence-corrected chi connectivity index (χ1v) is 6.53. The second-order valence-electron chi connectivity index (χ2n) is 4.17. The summed E-state index contributed by atoms with van der Waals surface area (Å²) in [5.74, 6) is -0.291. The number of carbonyl (C=O) groups is 1. The monoisotopic (exact) mass is 270 g/mol. The molecule has 0 atom stereocenters. The number of hydrogen-bond donors (Lipinski definition) is 1. The summed E-state index contributed by atoms with van der Waals surface area (Å²) in [5, 5.41) is 0. The summed E-state index contributed by atoms with van der Waals surface area (Å²) in [6, 6.07) is 5.51. The quantitative estimate of drug-likeness (QED) is 0.706. The fourth-order valence-electron chi connectivity index (χ4n) is 1.63. The number of esters is 1. The van der Waals surface area contributed by atoms with Crippen molar-refractivity contribution in [2.75, 3.05) is 32.8 Å². The van der Waals surface area contributed by atoms with E-state index < -0.39 is 5.97 Å². The molecule has 0 aliphatic rings. The third kappa shape index (κ3) is 6.20. The number of ether oxygens (including phenoxy) is 2. The van der Waals surface area contributed by atoms with Crippen LogP contribution >= 0.6 is 0 Å². The number of quaternary nitrogens is 1. The van der Waals surface area contributed by atoms with Gasteiger partial charge in [-0.25, -0.2) is 9.18 Å². The van der Waals surface area contributed by atoms with Crippen LogP contribution in [0, 0.1) is 5.82 Å². The van der Waals surface area contributed by atoms with E-state index in [1.165, 1.54) is 29.2 Å². The van der Waals surface area contributed by atoms with E-state index in [-0.39, 0.29) is 12.4 Å². The Balaban J connectivity index is 2.19. The van der Waals surface area contributed by atoms with E-state index in [0.717, 1.165) is 19.6 Å². The molecule has 0 bridgehead atoms. The molecule has 5 heteroatoms. The molecule has 106 valence electrons. The Morgan fingerprint density at radius 1 is 1.21 bits per heavy atom. The molecule has 0 aliphatic heterocycles. The molecule has 0 saturated carbocycles. The standard InChI is InChI=1S/C14H20FNO3/c1-3-16(4-2)9-10-18-14(17)11-19-13-7-5-12(15)6-8-13/h5-8H,3-4,9-11H2,1-2H3/p+1. The van der Waals surface area contributed by atoms with Crippen molar-refractivity contribution in [3.05, 3.63) is 30.1 Å². The molecule has 0 spiro atoms. The first-order valence-electron chi connectivity index (χ1n) is 6.53. The van der Waals surface area contributed by atoms with E-state index in [4.69, 9.17) is 9.47 Å². The topological polar surface area (TPSA) is 40.0 Å². The summed E-state index contributed by atoms with van der Waals surface area (Å²) >= 11 is 0. The molecule has 0 fully saturated rings. The molecule has 0 radical (unpaired) electrons. The molecule has 4 nitrogen and oxygen atoms in total. The predicted molar refractivity (Wildman–Crippen MR) is 69.8 cm³/mol. The Kier molecular flexibility index (Phi) is 6.89. The molecule has 1 N–H and O–H groups in total. The number of likely N-dealkylation sites (N-methyl/N-ethyl adjacent to an activating group) is 1. The normalized spacial score (nSPS) is 10.5. The zero-order chi connectivity index (χ0) is 14.1. The Labute approximate surface area is 113 Å². The van der Waals surface area contributed by atoms with Crippen molar-refractivity contribution in [2.45, 2.75) is 13.8 Å². The van der Waals surface area contributed by atoms with E-state index in [1.54, 1.807) is 0 Å². The average Bonchev–Trinajstić information content (AvgIpc) is 2.43. The second kappa shape index (κ2) is 8.48. The van der Waals surface area contributed by atoms with Gasteiger partial charge in [-0.1, -0.05) is 0 Å². The second-order valence-corrected chi connectivity index (χ2v) is 4.17. The molecule has 19 heavy (non-hydrogen) atoms. The van der Waals surface area contributed by atoms with E-state index in [2.05, 4.69) is 13.8 Å². The SMILES string of the molecule is CC[NH+](CC)CCOC(=O)COc1ccc(F)cc1. The Morgan fingerprint density at radius 2 is 1.84 bits per heavy atom. The van der Waals surface area contributed by atoms with Crippen LogP contribution in [0.5, 0.6) is 5.75 Å². The first kappa shape index (κ1) is 15.4. The minimum Gasteiger partial charge on any atom is -0.482 e. The third-order valence-electron chi connectivity index (χ3n) is 2.89. The highest BCUT2D eigenvalue weighted by Crippen LogP contribution is 2.10. The van der Waals surface area contributed by atoms with E-state index in [9.17, 15) is 9.18 Å². The summed E-state index contributed by atoms with van der Waals surface area (Å²) in [6.45, 7) is 7.26. The van der Waals surface area contributed by atoms with Gasteiger partial charge in [0, 0.05) is 0 Å². The van der Waals surface area contributed by atoms with Gasteiger partial charge < -0.3 is 14.4 Å². The van der Waals surface area contributed by atoms with Gasteiger partial charge in [0.05, 0.1) is 13.1 Å². The summed E-state index contributed by atoms with van der Waals surface area (Å²) in [4.78, 5) is 12.8. The summed E-state index contributed by atoms with van der Waals surface area (Å²) < 4.78 is 22.9. The van der Waals surface area contributed by atoms with Gasteiger partial charge in [-0.3, -0.25) is 0 Å². The highest BCUT2D eigenvalue weighted by molar-refractivity contribution is 5.71. The van der Waals surface area contributed by atoms with Crippen molar-refractivity contribution in [3.8, 4) is 5.75 Å². The lowest BCUT2D eigenvalue weighted by Gasteiger charge is -2.15. The van der Waals surface area contributed by atoms with E-state index in [1.807, 2.05) is 0 Å². The average molecular weight is 270 g/mol. The van der Waals surface area contributed by atoms with Gasteiger partial charge in [0.1, 0.15) is 24.7 Å². The van der Waals surface area contributed by atoms with E-state index >= 15 is 0 Å². The summed E-state index contributed by atoms with van der Waals surface area (Å²) in [7, 11) is 0. The van der Waals surface area contributed by atoms with Crippen molar-refractivity contribution < 1.29 is 23.6 Å². The van der Waals surface area contributed by atoms with Crippen LogP contribution in [-0.2, 0) is 9.53 Å². The number of carbonyl (C=O) groups excluding carboxylic acids is 1. The maximum Gasteiger partial charge on any atom is 0.344 e. The van der Waals surface area contributed by atoms with Crippen LogP contribution in [0.2, 0.25) is 0 Å². The third-order valence-corrected chi connectivity index (χ3v) is 2.89. The maximum atomic E-state index is 12.6. The maximum absolute atomic E-state index is 12.6. The Morgan fingerprint density at radius 3 is 2.42 bits per heavy atom. The molecule has 0 aromatic heterocycles. The molecule has 1 aromatic rings. The lowest BCUT2D eigenvalue weighted by Crippen LogP contribution is -3.11. The van der Waals surface area contributed by atoms with Crippen LogP contribution < -0.4 is 9.64 Å². The van der Waals surface area contributed by atoms with Crippen LogP contribution in [0.25, 0.3) is 0 Å². The lowest BCUT2D eigenvalue weighted by molar-refractivity contribution is -0.896. The highest BCUT2D eigenvalue weighted by Gasteiger charge is 2.07. The van der Waals surface area contributed by atoms with Crippen molar-refractivity contribution in [1.29, 1.82) is 0 Å². The number of nitrogens with one attached hydrogen (secondary N) is 1. The van der Waals surface area contributed by atoms with Gasteiger partial charge in [-0.15, -0.1) is 0 Å². The summed E-state index contributed by atoms with van der Waals surface area (Å²) in [6.07, 6.45) is 0. The molecular weight excluding hydrogens is 249 g/mol. The van der Waals surface area contributed by atoms with Crippen LogP contribution in [0.15, 0.2) is 24.3 Å². The Bertz CT molecular complexity index is 377. The number of benzene rings is 1. The van der Waals surface area contributed by atoms with Crippen LogP contribution in [0.3, 0.4) is 0 Å². The first-order chi connectivity index (χ1) is 9.15. The van der Waals surface area contributed by atoms with Gasteiger partial charge >= 0.3 is 5.97 Å². The van der Waals surface area contributed by atoms with Crippen molar-refractivity contribution >= 4 is 5.97 Å². The van der Waals surface area contributed by atoms with Crippen molar-refractivity contribution in [1.82, 2.24) is 0 Å². The molecule has 0 saturated heterocycles. The van der Waals surface area contributed by atoms with Gasteiger partial charge in [0.2, 0.25) is 0 Å². The highest BCUT2D eigenvalue weighted by atomic mass is 19.1. The fraction of sp³-hybridized carbons (Fsp3) is 0.500. The van der Waals surface area contributed by atoms with Crippen molar-refractivity contribution in [3.63, 3.8) is 0 Å². The van der Waals surface area contributed by atoms with Crippen LogP contribution in [-0.4, -0.2) is 38.8 Å². The van der Waals surface area contributed by atoms with Gasteiger partial charge in [-0.2, -0.15) is 0 Å². The Hall–Kier alpha value is -1.62. The van der Waals surface area contributed by atoms with Crippen molar-refractivity contribution in [2.24, 2.45) is 0 Å². The number of halogens is 1. The fourth-order valence-corrected chi connectivity index (χ4v) is 1.63. The lowest BCUT2D eigenvalue weighted by atomic mass is 10.3. The molecule has 0 amide bonds. The minimum atomic E-state index is -0.407. The summed E-state index contributed by atoms with van der Waals surface area (Å²) in [5.41, 5.74) is 0. The molecule has 1 aromatic carbocycles.